The van der Waals surface area contributed by atoms with Crippen molar-refractivity contribution < 1.29 is 9.21 Å². The molecule has 0 saturated carbocycles. The average Bonchev–Trinajstić information content (AvgIpc) is 2.62. The van der Waals surface area contributed by atoms with Gasteiger partial charge in [0.2, 0.25) is 5.43 Å². The third-order valence-electron chi connectivity index (χ3n) is 4.24. The van der Waals surface area contributed by atoms with Crippen LogP contribution in [0.1, 0.15) is 10.4 Å². The summed E-state index contributed by atoms with van der Waals surface area (Å²) in [7, 11) is 0. The number of hydrogen-bond donors (Lipinski definition) is 2. The summed E-state index contributed by atoms with van der Waals surface area (Å²) in [5.74, 6) is -0.691. The van der Waals surface area contributed by atoms with Gasteiger partial charge in [0.15, 0.2) is 0 Å². The van der Waals surface area contributed by atoms with Gasteiger partial charge in [-0.2, -0.15) is 0 Å². The molecule has 5 nitrogen and oxygen atoms in total. The molecule has 0 aliphatic rings. The highest BCUT2D eigenvalue weighted by Crippen LogP contribution is 2.36. The molecule has 4 rings (SSSR count). The molecule has 0 aliphatic heterocycles. The van der Waals surface area contributed by atoms with E-state index in [0.29, 0.717) is 22.1 Å². The normalized spacial score (nSPS) is 11.0. The Morgan fingerprint density at radius 2 is 1.60 bits per heavy atom. The third-order valence-corrected chi connectivity index (χ3v) is 4.24. The van der Waals surface area contributed by atoms with E-state index in [0.717, 1.165) is 5.56 Å². The molecule has 0 aliphatic carbocycles. The summed E-state index contributed by atoms with van der Waals surface area (Å²) in [5, 5.41) is 0.717. The van der Waals surface area contributed by atoms with E-state index < -0.39 is 5.91 Å². The summed E-state index contributed by atoms with van der Waals surface area (Å²) in [6.07, 6.45) is 0. The van der Waals surface area contributed by atoms with Crippen molar-refractivity contribution in [1.82, 2.24) is 0 Å². The van der Waals surface area contributed by atoms with Gasteiger partial charge >= 0.3 is 0 Å². The Kier molecular flexibility index (Phi) is 3.28. The predicted octanol–water partition coefficient (Wildman–Crippen LogP) is 3.29. The molecule has 1 aromatic heterocycles. The van der Waals surface area contributed by atoms with Crippen LogP contribution < -0.4 is 16.9 Å². The van der Waals surface area contributed by atoms with E-state index >= 15 is 0 Å². The first-order valence-corrected chi connectivity index (χ1v) is 7.71. The summed E-state index contributed by atoms with van der Waals surface area (Å²) in [6.45, 7) is 0. The molecule has 0 radical (unpaired) electrons. The monoisotopic (exact) mass is 330 g/mol. The molecule has 0 atom stereocenters. The number of para-hydroxylation sites is 1. The van der Waals surface area contributed by atoms with E-state index in [9.17, 15) is 9.59 Å². The van der Waals surface area contributed by atoms with E-state index in [-0.39, 0.29) is 22.1 Å². The lowest BCUT2D eigenvalue weighted by atomic mass is 9.96. The van der Waals surface area contributed by atoms with Crippen LogP contribution >= 0.6 is 0 Å². The molecule has 1 heterocycles. The van der Waals surface area contributed by atoms with Gasteiger partial charge in [0.1, 0.15) is 11.2 Å². The zero-order valence-electron chi connectivity index (χ0n) is 13.2. The Hall–Kier alpha value is -3.60. The molecular formula is C20H14N2O3. The van der Waals surface area contributed by atoms with E-state index in [1.165, 1.54) is 6.07 Å². The number of carbonyl (C=O) groups is 1. The fraction of sp³-hybridized carbons (Fsp3) is 0. The summed E-state index contributed by atoms with van der Waals surface area (Å²) in [5.41, 5.74) is 13.8. The van der Waals surface area contributed by atoms with Crippen molar-refractivity contribution >= 4 is 33.5 Å². The quantitative estimate of drug-likeness (QED) is 0.435. The summed E-state index contributed by atoms with van der Waals surface area (Å²) in [4.78, 5) is 24.7. The van der Waals surface area contributed by atoms with E-state index in [1.807, 2.05) is 30.3 Å². The molecule has 5 heteroatoms. The lowest BCUT2D eigenvalue weighted by Gasteiger charge is -2.13. The fourth-order valence-electron chi connectivity index (χ4n) is 3.05. The third kappa shape index (κ3) is 2.25. The Morgan fingerprint density at radius 1 is 0.920 bits per heavy atom. The molecule has 0 spiro atoms. The number of nitrogen functional groups attached to an aromatic ring is 1. The first-order chi connectivity index (χ1) is 12.1. The highest BCUT2D eigenvalue weighted by Gasteiger charge is 2.20. The van der Waals surface area contributed by atoms with Crippen molar-refractivity contribution in [1.29, 1.82) is 0 Å². The second-order valence-electron chi connectivity index (χ2n) is 5.75. The van der Waals surface area contributed by atoms with Crippen LogP contribution in [-0.4, -0.2) is 5.91 Å². The second kappa shape index (κ2) is 5.49. The van der Waals surface area contributed by atoms with Crippen molar-refractivity contribution in [2.75, 3.05) is 5.73 Å². The number of rotatable bonds is 2. The molecule has 25 heavy (non-hydrogen) atoms. The molecule has 0 unspecified atom stereocenters. The summed E-state index contributed by atoms with van der Waals surface area (Å²) in [6, 6.07) is 17.6. The van der Waals surface area contributed by atoms with Gasteiger partial charge in [-0.05, 0) is 23.8 Å². The lowest BCUT2D eigenvalue weighted by Crippen LogP contribution is -2.16. The van der Waals surface area contributed by atoms with Gasteiger partial charge in [0, 0.05) is 5.56 Å². The van der Waals surface area contributed by atoms with Gasteiger partial charge < -0.3 is 15.9 Å². The van der Waals surface area contributed by atoms with Crippen molar-refractivity contribution in [2.24, 2.45) is 5.73 Å². The topological polar surface area (TPSA) is 99.3 Å². The Bertz CT molecular complexity index is 1190. The van der Waals surface area contributed by atoms with Crippen LogP contribution in [0.3, 0.4) is 0 Å². The molecular weight excluding hydrogens is 316 g/mol. The van der Waals surface area contributed by atoms with Crippen LogP contribution in [0.25, 0.3) is 33.1 Å². The van der Waals surface area contributed by atoms with Crippen LogP contribution in [0.15, 0.2) is 69.9 Å². The number of fused-ring (bicyclic) bond motifs is 2. The smallest absolute Gasteiger partial charge is 0.250 e. The maximum absolute atomic E-state index is 12.9. The van der Waals surface area contributed by atoms with Crippen molar-refractivity contribution in [2.45, 2.75) is 0 Å². The van der Waals surface area contributed by atoms with Gasteiger partial charge in [0.05, 0.1) is 22.0 Å². The first kappa shape index (κ1) is 15.0. The van der Waals surface area contributed by atoms with Crippen LogP contribution in [0, 0.1) is 0 Å². The number of benzene rings is 3. The van der Waals surface area contributed by atoms with Crippen LogP contribution in [0.2, 0.25) is 0 Å². The zero-order chi connectivity index (χ0) is 17.6. The van der Waals surface area contributed by atoms with Gasteiger partial charge in [-0.3, -0.25) is 9.59 Å². The van der Waals surface area contributed by atoms with E-state index in [2.05, 4.69) is 0 Å². The number of nitrogens with two attached hydrogens (primary N) is 2. The molecule has 0 fully saturated rings. The molecule has 4 aromatic rings. The Balaban J connectivity index is 2.27. The van der Waals surface area contributed by atoms with Gasteiger partial charge in [0.25, 0.3) is 5.91 Å². The van der Waals surface area contributed by atoms with Crippen molar-refractivity contribution in [3.8, 4) is 11.1 Å². The molecule has 4 N–H and O–H groups in total. The first-order valence-electron chi connectivity index (χ1n) is 7.71. The minimum atomic E-state index is -0.691. The highest BCUT2D eigenvalue weighted by atomic mass is 16.3. The Morgan fingerprint density at radius 3 is 2.32 bits per heavy atom. The van der Waals surface area contributed by atoms with Crippen molar-refractivity contribution in [3.63, 3.8) is 0 Å². The largest absolute Gasteiger partial charge is 0.455 e. The SMILES string of the molecule is NC(=O)c1cc2c(=O)c3ccccc3oc2c(-c2ccccc2)c1N. The standard InChI is InChI=1S/C20H14N2O3/c21-17-13(20(22)24)10-14-18(23)12-8-4-5-9-15(12)25-19(14)16(17)11-6-2-1-3-7-11/h1-10H,21H2,(H2,22,24). The maximum atomic E-state index is 12.9. The van der Waals surface area contributed by atoms with Gasteiger partial charge in [-0.1, -0.05) is 42.5 Å². The predicted molar refractivity (Wildman–Crippen MR) is 98.4 cm³/mol. The molecule has 0 bridgehead atoms. The minimum Gasteiger partial charge on any atom is -0.455 e. The molecule has 3 aromatic carbocycles. The molecule has 0 saturated heterocycles. The number of amides is 1. The van der Waals surface area contributed by atoms with E-state index in [4.69, 9.17) is 15.9 Å². The number of carbonyl (C=O) groups excluding carboxylic acids is 1. The maximum Gasteiger partial charge on any atom is 0.250 e. The van der Waals surface area contributed by atoms with Crippen LogP contribution in [-0.2, 0) is 0 Å². The average molecular weight is 330 g/mol. The Labute approximate surface area is 142 Å². The second-order valence-corrected chi connectivity index (χ2v) is 5.75. The highest BCUT2D eigenvalue weighted by molar-refractivity contribution is 6.11. The lowest BCUT2D eigenvalue weighted by molar-refractivity contribution is 0.100. The summed E-state index contributed by atoms with van der Waals surface area (Å²) < 4.78 is 6.00. The molecule has 122 valence electrons. The van der Waals surface area contributed by atoms with Crippen LogP contribution in [0.5, 0.6) is 0 Å². The minimum absolute atomic E-state index is 0.105. The number of anilines is 1. The zero-order valence-corrected chi connectivity index (χ0v) is 13.2. The van der Waals surface area contributed by atoms with Crippen molar-refractivity contribution in [3.05, 3.63) is 76.5 Å². The number of primary amides is 1. The fourth-order valence-corrected chi connectivity index (χ4v) is 3.05. The number of hydrogen-bond acceptors (Lipinski definition) is 4. The van der Waals surface area contributed by atoms with Gasteiger partial charge in [-0.15, -0.1) is 0 Å². The van der Waals surface area contributed by atoms with Crippen LogP contribution in [0.4, 0.5) is 5.69 Å². The summed E-state index contributed by atoms with van der Waals surface area (Å²) >= 11 is 0. The van der Waals surface area contributed by atoms with E-state index in [1.54, 1.807) is 24.3 Å². The molecule has 1 amide bonds. The van der Waals surface area contributed by atoms with Gasteiger partial charge in [-0.25, -0.2) is 0 Å².